The molecule has 1 aromatic carbocycles. The normalized spacial score (nSPS) is 18.8. The van der Waals surface area contributed by atoms with Crippen LogP contribution in [-0.4, -0.2) is 37.6 Å². The quantitative estimate of drug-likeness (QED) is 0.381. The third kappa shape index (κ3) is 4.16. The van der Waals surface area contributed by atoms with Crippen LogP contribution in [0, 0.1) is 6.92 Å². The number of amides is 1. The van der Waals surface area contributed by atoms with Gasteiger partial charge in [0.15, 0.2) is 0 Å². The van der Waals surface area contributed by atoms with Gasteiger partial charge in [-0.25, -0.2) is 4.98 Å². The molecule has 6 nitrogen and oxygen atoms in total. The van der Waals surface area contributed by atoms with Gasteiger partial charge in [-0.1, -0.05) is 60.4 Å². The number of pyridine rings is 1. The molecule has 8 heteroatoms. The number of carbonyl (C=O) groups is 1. The molecule has 3 aromatic rings. The Kier molecular flexibility index (Phi) is 6.27. The van der Waals surface area contributed by atoms with Gasteiger partial charge in [-0.05, 0) is 56.4 Å². The summed E-state index contributed by atoms with van der Waals surface area (Å²) in [5.41, 5.74) is 2.86. The summed E-state index contributed by atoms with van der Waals surface area (Å²) in [6.45, 7) is 5.61. The van der Waals surface area contributed by atoms with E-state index in [0.717, 1.165) is 37.1 Å². The Morgan fingerprint density at radius 1 is 1.06 bits per heavy atom. The monoisotopic (exact) mass is 490 g/mol. The minimum atomic E-state index is -0.195. The molecule has 2 aliphatic heterocycles. The number of hydrogen-bond donors (Lipinski definition) is 0. The molecule has 5 rings (SSSR count). The molecule has 0 saturated carbocycles. The fourth-order valence-electron chi connectivity index (χ4n) is 4.55. The number of aromatic nitrogens is 2. The largest absolute Gasteiger partial charge is 0.356 e. The Morgan fingerprint density at radius 3 is 2.53 bits per heavy atom. The van der Waals surface area contributed by atoms with Gasteiger partial charge in [0.05, 0.1) is 16.5 Å². The van der Waals surface area contributed by atoms with Crippen molar-refractivity contribution in [3.63, 3.8) is 0 Å². The van der Waals surface area contributed by atoms with Crippen molar-refractivity contribution >= 4 is 51.7 Å². The van der Waals surface area contributed by atoms with E-state index in [1.54, 1.807) is 21.6 Å². The minimum absolute atomic E-state index is 0.171. The topological polar surface area (TPSA) is 57.9 Å². The van der Waals surface area contributed by atoms with Crippen LogP contribution in [0.15, 0.2) is 58.4 Å². The first-order chi connectivity index (χ1) is 16.4. The van der Waals surface area contributed by atoms with Crippen LogP contribution in [0.4, 0.5) is 5.82 Å². The van der Waals surface area contributed by atoms with E-state index >= 15 is 0 Å². The third-order valence-corrected chi connectivity index (χ3v) is 7.74. The standard InChI is InChI=1S/C26H26N4O2S2/c1-17-11-12-22-27-23(28-13-7-4-8-14-28)20(24(31)29(22)16-17)15-21-25(32)30(26(33)34-21)18(2)19-9-5-3-6-10-19/h3,5-6,9-12,15-16,18H,4,7-8,13-14H2,1-2H3/b21-15+/t18-/m0/s1. The lowest BCUT2D eigenvalue weighted by atomic mass is 10.1. The summed E-state index contributed by atoms with van der Waals surface area (Å²) in [7, 11) is 0. The van der Waals surface area contributed by atoms with Gasteiger partial charge in [-0.3, -0.25) is 18.9 Å². The molecule has 0 unspecified atom stereocenters. The van der Waals surface area contributed by atoms with Gasteiger partial charge in [0.25, 0.3) is 11.5 Å². The van der Waals surface area contributed by atoms with Crippen molar-refractivity contribution in [3.8, 4) is 0 Å². The smallest absolute Gasteiger partial charge is 0.267 e. The van der Waals surface area contributed by atoms with Crippen molar-refractivity contribution < 1.29 is 4.79 Å². The number of hydrogen-bond acceptors (Lipinski definition) is 6. The van der Waals surface area contributed by atoms with Crippen LogP contribution >= 0.6 is 24.0 Å². The number of thioether (sulfide) groups is 1. The second-order valence-corrected chi connectivity index (χ2v) is 10.5. The maximum Gasteiger partial charge on any atom is 0.267 e. The molecule has 2 aliphatic rings. The Balaban J connectivity index is 1.60. The van der Waals surface area contributed by atoms with E-state index in [1.165, 1.54) is 18.2 Å². The molecule has 2 aromatic heterocycles. The Morgan fingerprint density at radius 2 is 1.79 bits per heavy atom. The zero-order valence-electron chi connectivity index (χ0n) is 19.2. The molecule has 0 N–H and O–H groups in total. The molecule has 0 aliphatic carbocycles. The molecule has 0 spiro atoms. The first kappa shape index (κ1) is 22.8. The average Bonchev–Trinajstić information content (AvgIpc) is 3.14. The summed E-state index contributed by atoms with van der Waals surface area (Å²) in [6.07, 6.45) is 6.79. The highest BCUT2D eigenvalue weighted by molar-refractivity contribution is 8.26. The molecule has 2 fully saturated rings. The van der Waals surface area contributed by atoms with Crippen LogP contribution in [0.2, 0.25) is 0 Å². The zero-order chi connectivity index (χ0) is 23.8. The number of fused-ring (bicyclic) bond motifs is 1. The van der Waals surface area contributed by atoms with E-state index in [-0.39, 0.29) is 17.5 Å². The highest BCUT2D eigenvalue weighted by Crippen LogP contribution is 2.38. The van der Waals surface area contributed by atoms with Crippen LogP contribution in [0.3, 0.4) is 0 Å². The SMILES string of the molecule is Cc1ccc2nc(N3CCCCC3)c(/C=C3/SC(=S)N([C@@H](C)c4ccccc4)C3=O)c(=O)n2c1. The molecular formula is C26H26N4O2S2. The predicted octanol–water partition coefficient (Wildman–Crippen LogP) is 4.96. The number of benzene rings is 1. The summed E-state index contributed by atoms with van der Waals surface area (Å²) in [4.78, 5) is 36.2. The van der Waals surface area contributed by atoms with Gasteiger partial charge in [0.1, 0.15) is 15.8 Å². The second kappa shape index (κ2) is 9.35. The number of piperidine rings is 1. The first-order valence-electron chi connectivity index (χ1n) is 11.5. The average molecular weight is 491 g/mol. The van der Waals surface area contributed by atoms with Crippen molar-refractivity contribution in [3.05, 3.63) is 80.6 Å². The highest BCUT2D eigenvalue weighted by atomic mass is 32.2. The molecule has 1 atom stereocenters. The highest BCUT2D eigenvalue weighted by Gasteiger charge is 2.36. The zero-order valence-corrected chi connectivity index (χ0v) is 20.9. The van der Waals surface area contributed by atoms with Crippen LogP contribution < -0.4 is 10.5 Å². The van der Waals surface area contributed by atoms with E-state index < -0.39 is 0 Å². The van der Waals surface area contributed by atoms with E-state index in [4.69, 9.17) is 17.2 Å². The lowest BCUT2D eigenvalue weighted by molar-refractivity contribution is -0.123. The molecule has 0 radical (unpaired) electrons. The molecule has 1 amide bonds. The Labute approximate surface area is 208 Å². The van der Waals surface area contributed by atoms with Gasteiger partial charge in [-0.15, -0.1) is 0 Å². The fourth-order valence-corrected chi connectivity index (χ4v) is 5.95. The van der Waals surface area contributed by atoms with E-state index in [9.17, 15) is 9.59 Å². The first-order valence-corrected chi connectivity index (χ1v) is 12.8. The van der Waals surface area contributed by atoms with Crippen molar-refractivity contribution in [2.75, 3.05) is 18.0 Å². The molecule has 34 heavy (non-hydrogen) atoms. The maximum absolute atomic E-state index is 13.6. The number of anilines is 1. The summed E-state index contributed by atoms with van der Waals surface area (Å²) in [5.74, 6) is 0.472. The summed E-state index contributed by atoms with van der Waals surface area (Å²) in [5, 5.41) is 0. The van der Waals surface area contributed by atoms with E-state index in [1.807, 2.05) is 56.3 Å². The van der Waals surface area contributed by atoms with Gasteiger partial charge < -0.3 is 4.90 Å². The van der Waals surface area contributed by atoms with E-state index in [2.05, 4.69) is 4.90 Å². The van der Waals surface area contributed by atoms with Gasteiger partial charge >= 0.3 is 0 Å². The molecule has 4 heterocycles. The molecule has 2 saturated heterocycles. The van der Waals surface area contributed by atoms with E-state index in [0.29, 0.717) is 26.3 Å². The van der Waals surface area contributed by atoms with Crippen molar-refractivity contribution in [2.24, 2.45) is 0 Å². The van der Waals surface area contributed by atoms with Gasteiger partial charge in [0, 0.05) is 19.3 Å². The lowest BCUT2D eigenvalue weighted by Gasteiger charge is -2.29. The predicted molar refractivity (Wildman–Crippen MR) is 142 cm³/mol. The lowest BCUT2D eigenvalue weighted by Crippen LogP contribution is -2.34. The number of nitrogens with zero attached hydrogens (tertiary/aromatic N) is 4. The second-order valence-electron chi connectivity index (χ2n) is 8.77. The van der Waals surface area contributed by atoms with Gasteiger partial charge in [0.2, 0.25) is 0 Å². The van der Waals surface area contributed by atoms with Crippen LogP contribution in [-0.2, 0) is 4.79 Å². The third-order valence-electron chi connectivity index (χ3n) is 6.41. The summed E-state index contributed by atoms with van der Waals surface area (Å²) in [6, 6.07) is 13.5. The molecule has 0 bridgehead atoms. The number of rotatable bonds is 4. The fraction of sp³-hybridized carbons (Fsp3) is 0.308. The summed E-state index contributed by atoms with van der Waals surface area (Å²) >= 11 is 6.84. The minimum Gasteiger partial charge on any atom is -0.356 e. The Hall–Kier alpha value is -2.97. The summed E-state index contributed by atoms with van der Waals surface area (Å²) < 4.78 is 2.07. The number of thiocarbonyl (C=S) groups is 1. The number of aryl methyl sites for hydroxylation is 1. The van der Waals surface area contributed by atoms with Crippen molar-refractivity contribution in [2.45, 2.75) is 39.2 Å². The van der Waals surface area contributed by atoms with Crippen molar-refractivity contribution in [1.29, 1.82) is 0 Å². The van der Waals surface area contributed by atoms with Crippen LogP contribution in [0.1, 0.15) is 48.9 Å². The molecular weight excluding hydrogens is 464 g/mol. The van der Waals surface area contributed by atoms with Gasteiger partial charge in [-0.2, -0.15) is 0 Å². The van der Waals surface area contributed by atoms with Crippen molar-refractivity contribution in [1.82, 2.24) is 14.3 Å². The van der Waals surface area contributed by atoms with Crippen LogP contribution in [0.5, 0.6) is 0 Å². The Bertz CT molecular complexity index is 1360. The van der Waals surface area contributed by atoms with Crippen LogP contribution in [0.25, 0.3) is 11.7 Å². The number of carbonyl (C=O) groups excluding carboxylic acids is 1. The maximum atomic E-state index is 13.6. The molecule has 174 valence electrons.